The molecule has 6 nitrogen and oxygen atoms in total. The van der Waals surface area contributed by atoms with E-state index >= 15 is 0 Å². The maximum Gasteiger partial charge on any atom is 0.416 e. The normalized spacial score (nSPS) is 12.4. The summed E-state index contributed by atoms with van der Waals surface area (Å²) in [6.07, 6.45) is -5.78. The number of fused-ring (bicyclic) bond motifs is 1. The van der Waals surface area contributed by atoms with Crippen molar-refractivity contribution >= 4 is 28.5 Å². The topological polar surface area (TPSA) is 85.6 Å². The maximum atomic E-state index is 12.6. The molecule has 0 saturated carbocycles. The molecule has 0 aliphatic rings. The molecule has 9 heteroatoms. The van der Waals surface area contributed by atoms with Crippen LogP contribution in [0, 0.1) is 0 Å². The van der Waals surface area contributed by atoms with Gasteiger partial charge in [-0.1, -0.05) is 12.1 Å². The molecular formula is C20H14F3NO5. The lowest BCUT2D eigenvalue weighted by molar-refractivity contribution is -0.137. The Balaban J connectivity index is 1.68. The van der Waals surface area contributed by atoms with E-state index in [0.717, 1.165) is 30.3 Å². The van der Waals surface area contributed by atoms with Crippen LogP contribution in [0.2, 0.25) is 0 Å². The highest BCUT2D eigenvalue weighted by molar-refractivity contribution is 5.97. The van der Waals surface area contributed by atoms with Gasteiger partial charge in [0.2, 0.25) is 5.76 Å². The molecule has 2 aromatic carbocycles. The lowest BCUT2D eigenvalue weighted by atomic mass is 10.2. The fourth-order valence-corrected chi connectivity index (χ4v) is 2.46. The molecule has 29 heavy (non-hydrogen) atoms. The summed E-state index contributed by atoms with van der Waals surface area (Å²) >= 11 is 0. The van der Waals surface area contributed by atoms with Crippen LogP contribution >= 0.6 is 0 Å². The first-order valence-corrected chi connectivity index (χ1v) is 8.37. The number of hydrogen-bond donors (Lipinski definition) is 1. The standard InChI is InChI=1S/C20H14F3NO5/c1-11(18(26)24-13-8-6-12(7-9-13)20(21,22)23)28-19(27)17-10-15(25)14-4-2-3-5-16(14)29-17/h2-11H,1H3,(H,24,26)/t11-/m1/s1. The van der Waals surface area contributed by atoms with E-state index in [1.165, 1.54) is 19.1 Å². The van der Waals surface area contributed by atoms with E-state index in [4.69, 9.17) is 9.15 Å². The van der Waals surface area contributed by atoms with Crippen molar-refractivity contribution in [1.29, 1.82) is 0 Å². The van der Waals surface area contributed by atoms with E-state index < -0.39 is 35.1 Å². The molecule has 1 heterocycles. The van der Waals surface area contributed by atoms with Gasteiger partial charge in [-0.3, -0.25) is 9.59 Å². The highest BCUT2D eigenvalue weighted by atomic mass is 19.4. The van der Waals surface area contributed by atoms with Crippen LogP contribution in [0.1, 0.15) is 23.0 Å². The molecule has 0 bridgehead atoms. The van der Waals surface area contributed by atoms with E-state index in [2.05, 4.69) is 5.32 Å². The number of esters is 1. The second kappa shape index (κ2) is 7.78. The minimum absolute atomic E-state index is 0.100. The van der Waals surface area contributed by atoms with Crippen molar-refractivity contribution in [2.24, 2.45) is 0 Å². The van der Waals surface area contributed by atoms with E-state index in [1.807, 2.05) is 0 Å². The molecule has 0 radical (unpaired) electrons. The molecule has 0 spiro atoms. The Morgan fingerprint density at radius 1 is 1.07 bits per heavy atom. The third-order valence-electron chi connectivity index (χ3n) is 3.97. The maximum absolute atomic E-state index is 12.6. The Morgan fingerprint density at radius 3 is 2.38 bits per heavy atom. The summed E-state index contributed by atoms with van der Waals surface area (Å²) in [6.45, 7) is 1.27. The van der Waals surface area contributed by atoms with Gasteiger partial charge in [0.15, 0.2) is 11.5 Å². The fraction of sp³-hybridized carbons (Fsp3) is 0.150. The smallest absolute Gasteiger partial charge is 0.416 e. The first kappa shape index (κ1) is 20.1. The van der Waals surface area contributed by atoms with Crippen LogP contribution in [0.3, 0.4) is 0 Å². The summed E-state index contributed by atoms with van der Waals surface area (Å²) in [5.74, 6) is -2.16. The number of hydrogen-bond acceptors (Lipinski definition) is 5. The number of alkyl halides is 3. The quantitative estimate of drug-likeness (QED) is 0.664. The second-order valence-electron chi connectivity index (χ2n) is 6.08. The Bertz CT molecular complexity index is 1120. The van der Waals surface area contributed by atoms with Gasteiger partial charge < -0.3 is 14.5 Å². The lowest BCUT2D eigenvalue weighted by Crippen LogP contribution is -2.30. The van der Waals surface area contributed by atoms with Crippen molar-refractivity contribution in [3.05, 3.63) is 76.1 Å². The number of nitrogens with one attached hydrogen (secondary N) is 1. The van der Waals surface area contributed by atoms with Gasteiger partial charge in [0.25, 0.3) is 5.91 Å². The summed E-state index contributed by atoms with van der Waals surface area (Å²) in [5, 5.41) is 2.63. The van der Waals surface area contributed by atoms with E-state index in [9.17, 15) is 27.6 Å². The van der Waals surface area contributed by atoms with Crippen LogP contribution in [0.5, 0.6) is 0 Å². The summed E-state index contributed by atoms with van der Waals surface area (Å²) in [6, 6.07) is 11.1. The molecule has 0 unspecified atom stereocenters. The molecule has 0 fully saturated rings. The van der Waals surface area contributed by atoms with Gasteiger partial charge in [0, 0.05) is 11.8 Å². The third-order valence-corrected chi connectivity index (χ3v) is 3.97. The molecule has 150 valence electrons. The molecule has 0 aliphatic carbocycles. The van der Waals surface area contributed by atoms with Crippen LogP contribution in [-0.2, 0) is 15.7 Å². The SMILES string of the molecule is C[C@@H](OC(=O)c1cc(=O)c2ccccc2o1)C(=O)Nc1ccc(C(F)(F)F)cc1. The highest BCUT2D eigenvalue weighted by Gasteiger charge is 2.30. The van der Waals surface area contributed by atoms with Crippen molar-refractivity contribution in [2.45, 2.75) is 19.2 Å². The molecule has 1 aromatic heterocycles. The van der Waals surface area contributed by atoms with Crippen LogP contribution in [0.25, 0.3) is 11.0 Å². The first-order valence-electron chi connectivity index (χ1n) is 8.37. The Labute approximate surface area is 161 Å². The van der Waals surface area contributed by atoms with E-state index in [0.29, 0.717) is 0 Å². The highest BCUT2D eigenvalue weighted by Crippen LogP contribution is 2.29. The number of para-hydroxylation sites is 1. The lowest BCUT2D eigenvalue weighted by Gasteiger charge is -2.14. The monoisotopic (exact) mass is 405 g/mol. The van der Waals surface area contributed by atoms with Gasteiger partial charge in [-0.2, -0.15) is 13.2 Å². The van der Waals surface area contributed by atoms with Gasteiger partial charge in [-0.25, -0.2) is 4.79 Å². The molecule has 0 saturated heterocycles. The minimum atomic E-state index is -4.49. The fourth-order valence-electron chi connectivity index (χ4n) is 2.46. The van der Waals surface area contributed by atoms with Crippen molar-refractivity contribution < 1.29 is 31.9 Å². The van der Waals surface area contributed by atoms with Crippen LogP contribution in [0.4, 0.5) is 18.9 Å². The second-order valence-corrected chi connectivity index (χ2v) is 6.08. The number of amides is 1. The van der Waals surface area contributed by atoms with Gasteiger partial charge in [-0.15, -0.1) is 0 Å². The average molecular weight is 405 g/mol. The van der Waals surface area contributed by atoms with Gasteiger partial charge in [0.1, 0.15) is 5.58 Å². The molecular weight excluding hydrogens is 391 g/mol. The van der Waals surface area contributed by atoms with E-state index in [1.54, 1.807) is 12.1 Å². The number of carbonyl (C=O) groups is 2. The Morgan fingerprint density at radius 2 is 1.72 bits per heavy atom. The number of ether oxygens (including phenoxy) is 1. The summed E-state index contributed by atoms with van der Waals surface area (Å²) in [5.41, 5.74) is -1.01. The largest absolute Gasteiger partial charge is 0.449 e. The third kappa shape index (κ3) is 4.63. The Kier molecular flexibility index (Phi) is 5.40. The number of benzene rings is 2. The van der Waals surface area contributed by atoms with Crippen LogP contribution in [-0.4, -0.2) is 18.0 Å². The minimum Gasteiger partial charge on any atom is -0.449 e. The zero-order valence-electron chi connectivity index (χ0n) is 14.9. The van der Waals surface area contributed by atoms with Gasteiger partial charge >= 0.3 is 12.1 Å². The van der Waals surface area contributed by atoms with Crippen LogP contribution in [0.15, 0.2) is 63.8 Å². The summed E-state index contributed by atoms with van der Waals surface area (Å²) in [4.78, 5) is 36.4. The number of anilines is 1. The molecule has 0 aliphatic heterocycles. The summed E-state index contributed by atoms with van der Waals surface area (Å²) in [7, 11) is 0. The predicted octanol–water partition coefficient (Wildman–Crippen LogP) is 4.00. The van der Waals surface area contributed by atoms with Gasteiger partial charge in [0.05, 0.1) is 10.9 Å². The average Bonchev–Trinajstić information content (AvgIpc) is 2.67. The van der Waals surface area contributed by atoms with Crippen molar-refractivity contribution in [3.8, 4) is 0 Å². The van der Waals surface area contributed by atoms with Gasteiger partial charge in [-0.05, 0) is 43.3 Å². The molecule has 3 aromatic rings. The van der Waals surface area contributed by atoms with Crippen molar-refractivity contribution in [3.63, 3.8) is 0 Å². The number of rotatable bonds is 4. The zero-order chi connectivity index (χ0) is 21.2. The molecule has 3 rings (SSSR count). The predicted molar refractivity (Wildman–Crippen MR) is 97.4 cm³/mol. The molecule has 1 amide bonds. The first-order chi connectivity index (χ1) is 13.6. The van der Waals surface area contributed by atoms with Crippen LogP contribution < -0.4 is 10.7 Å². The molecule has 1 N–H and O–H groups in total. The summed E-state index contributed by atoms with van der Waals surface area (Å²) < 4.78 is 48.0. The Hall–Kier alpha value is -3.62. The zero-order valence-corrected chi connectivity index (χ0v) is 14.9. The number of halogens is 3. The molecule has 1 atom stereocenters. The van der Waals surface area contributed by atoms with Crippen molar-refractivity contribution in [2.75, 3.05) is 5.32 Å². The van der Waals surface area contributed by atoms with E-state index in [-0.39, 0.29) is 22.4 Å². The van der Waals surface area contributed by atoms with Crippen molar-refractivity contribution in [1.82, 2.24) is 0 Å². The number of carbonyl (C=O) groups excluding carboxylic acids is 2.